The average molecular weight is 261 g/mol. The van der Waals surface area contributed by atoms with Gasteiger partial charge >= 0.3 is 0 Å². The zero-order chi connectivity index (χ0) is 12.4. The second-order valence-corrected chi connectivity index (χ2v) is 5.28. The fraction of sp³-hybridized carbons (Fsp3) is 0.308. The lowest BCUT2D eigenvalue weighted by atomic mass is 10.1. The third-order valence-corrected chi connectivity index (χ3v) is 3.73. The molecule has 2 N–H and O–H groups in total. The Hall–Kier alpha value is -1.59. The van der Waals surface area contributed by atoms with Gasteiger partial charge in [-0.2, -0.15) is 0 Å². The van der Waals surface area contributed by atoms with Crippen LogP contribution in [0.15, 0.2) is 40.6 Å². The SMILES string of the molecule is NC(CCc1ccco1)Cc1cn2ccsc2n1. The van der Waals surface area contributed by atoms with Crippen molar-refractivity contribution < 1.29 is 4.42 Å². The van der Waals surface area contributed by atoms with Crippen molar-refractivity contribution in [2.75, 3.05) is 0 Å². The van der Waals surface area contributed by atoms with Gasteiger partial charge in [0.2, 0.25) is 0 Å². The first-order valence-corrected chi connectivity index (χ1v) is 6.88. The van der Waals surface area contributed by atoms with Crippen LogP contribution in [0.25, 0.3) is 4.96 Å². The molecular formula is C13H15N3OS. The highest BCUT2D eigenvalue weighted by Gasteiger charge is 2.09. The Bertz CT molecular complexity index is 583. The smallest absolute Gasteiger partial charge is 0.193 e. The van der Waals surface area contributed by atoms with Gasteiger partial charge in [-0.05, 0) is 18.6 Å². The largest absolute Gasteiger partial charge is 0.469 e. The Balaban J connectivity index is 1.57. The minimum atomic E-state index is 0.125. The van der Waals surface area contributed by atoms with E-state index in [0.717, 1.165) is 35.7 Å². The summed E-state index contributed by atoms with van der Waals surface area (Å²) in [5, 5.41) is 2.03. The molecule has 0 radical (unpaired) electrons. The molecular weight excluding hydrogens is 246 g/mol. The van der Waals surface area contributed by atoms with Gasteiger partial charge in [0.15, 0.2) is 4.96 Å². The topological polar surface area (TPSA) is 56.5 Å². The maximum absolute atomic E-state index is 6.13. The van der Waals surface area contributed by atoms with Crippen molar-refractivity contribution in [1.29, 1.82) is 0 Å². The molecule has 0 saturated carbocycles. The quantitative estimate of drug-likeness (QED) is 0.767. The third kappa shape index (κ3) is 2.47. The van der Waals surface area contributed by atoms with Crippen molar-refractivity contribution in [3.05, 3.63) is 47.6 Å². The molecule has 0 amide bonds. The molecule has 3 heterocycles. The number of imidazole rings is 1. The second-order valence-electron chi connectivity index (χ2n) is 4.41. The molecule has 0 aliphatic heterocycles. The first-order chi connectivity index (χ1) is 8.81. The maximum Gasteiger partial charge on any atom is 0.193 e. The third-order valence-electron chi connectivity index (χ3n) is 2.96. The van der Waals surface area contributed by atoms with E-state index in [1.165, 1.54) is 0 Å². The molecule has 0 aliphatic rings. The van der Waals surface area contributed by atoms with Crippen LogP contribution in [0.1, 0.15) is 17.9 Å². The fourth-order valence-corrected chi connectivity index (χ4v) is 2.75. The van der Waals surface area contributed by atoms with Crippen molar-refractivity contribution in [1.82, 2.24) is 9.38 Å². The highest BCUT2D eigenvalue weighted by molar-refractivity contribution is 7.15. The molecule has 4 nitrogen and oxygen atoms in total. The van der Waals surface area contributed by atoms with Crippen LogP contribution in [0.5, 0.6) is 0 Å². The number of nitrogens with zero attached hydrogens (tertiary/aromatic N) is 2. The van der Waals surface area contributed by atoms with Crippen LogP contribution in [0.3, 0.4) is 0 Å². The number of aryl methyl sites for hydroxylation is 1. The highest BCUT2D eigenvalue weighted by atomic mass is 32.1. The lowest BCUT2D eigenvalue weighted by Gasteiger charge is -2.08. The summed E-state index contributed by atoms with van der Waals surface area (Å²) in [5.41, 5.74) is 7.19. The van der Waals surface area contributed by atoms with E-state index in [-0.39, 0.29) is 6.04 Å². The molecule has 0 spiro atoms. The summed E-state index contributed by atoms with van der Waals surface area (Å²) < 4.78 is 7.34. The van der Waals surface area contributed by atoms with Gasteiger partial charge in [0.05, 0.1) is 12.0 Å². The van der Waals surface area contributed by atoms with Crippen molar-refractivity contribution in [2.45, 2.75) is 25.3 Å². The molecule has 94 valence electrons. The van der Waals surface area contributed by atoms with Crippen molar-refractivity contribution in [3.63, 3.8) is 0 Å². The maximum atomic E-state index is 6.13. The molecule has 3 aromatic heterocycles. The first kappa shape index (κ1) is 11.5. The molecule has 1 unspecified atom stereocenters. The number of hydrogen-bond donors (Lipinski definition) is 1. The van der Waals surface area contributed by atoms with Crippen LogP contribution in [-0.4, -0.2) is 15.4 Å². The summed E-state index contributed by atoms with van der Waals surface area (Å²) in [6, 6.07) is 4.02. The van der Waals surface area contributed by atoms with Crippen LogP contribution < -0.4 is 5.73 Å². The van der Waals surface area contributed by atoms with Crippen molar-refractivity contribution >= 4 is 16.3 Å². The van der Waals surface area contributed by atoms with E-state index in [2.05, 4.69) is 11.2 Å². The van der Waals surface area contributed by atoms with Gasteiger partial charge in [0.25, 0.3) is 0 Å². The number of nitrogens with two attached hydrogens (primary N) is 1. The fourth-order valence-electron chi connectivity index (χ4n) is 2.03. The van der Waals surface area contributed by atoms with Gasteiger partial charge in [-0.1, -0.05) is 0 Å². The van der Waals surface area contributed by atoms with Gasteiger partial charge in [0, 0.05) is 36.7 Å². The van der Waals surface area contributed by atoms with Crippen molar-refractivity contribution in [3.8, 4) is 0 Å². The van der Waals surface area contributed by atoms with E-state index < -0.39 is 0 Å². The van der Waals surface area contributed by atoms with Crippen LogP contribution in [-0.2, 0) is 12.8 Å². The number of rotatable bonds is 5. The summed E-state index contributed by atoms with van der Waals surface area (Å²) in [7, 11) is 0. The monoisotopic (exact) mass is 261 g/mol. The number of thiazole rings is 1. The van der Waals surface area contributed by atoms with E-state index in [4.69, 9.17) is 10.2 Å². The number of furan rings is 1. The van der Waals surface area contributed by atoms with E-state index >= 15 is 0 Å². The minimum absolute atomic E-state index is 0.125. The van der Waals surface area contributed by atoms with Crippen LogP contribution in [0, 0.1) is 0 Å². The van der Waals surface area contributed by atoms with E-state index in [9.17, 15) is 0 Å². The number of fused-ring (bicyclic) bond motifs is 1. The number of aromatic nitrogens is 2. The van der Waals surface area contributed by atoms with Gasteiger partial charge in [-0.25, -0.2) is 4.98 Å². The molecule has 18 heavy (non-hydrogen) atoms. The first-order valence-electron chi connectivity index (χ1n) is 6.00. The Kier molecular flexibility index (Phi) is 3.17. The predicted octanol–water partition coefficient (Wildman–Crippen LogP) is 2.49. The lowest BCUT2D eigenvalue weighted by Crippen LogP contribution is -2.23. The van der Waals surface area contributed by atoms with E-state index in [1.54, 1.807) is 17.6 Å². The standard InChI is InChI=1S/C13H15N3OS/c14-10(3-4-12-2-1-6-17-12)8-11-9-16-5-7-18-13(16)15-11/h1-2,5-7,9-10H,3-4,8,14H2. The summed E-state index contributed by atoms with van der Waals surface area (Å²) in [5.74, 6) is 0.997. The van der Waals surface area contributed by atoms with E-state index in [0.29, 0.717) is 0 Å². The number of hydrogen-bond acceptors (Lipinski definition) is 4. The normalized spacial score (nSPS) is 13.2. The van der Waals surface area contributed by atoms with Gasteiger partial charge < -0.3 is 10.2 Å². The summed E-state index contributed by atoms with van der Waals surface area (Å²) >= 11 is 1.64. The van der Waals surface area contributed by atoms with Gasteiger partial charge in [-0.15, -0.1) is 11.3 Å². The molecule has 3 rings (SSSR count). The van der Waals surface area contributed by atoms with Crippen LogP contribution >= 0.6 is 11.3 Å². The van der Waals surface area contributed by atoms with Crippen molar-refractivity contribution in [2.24, 2.45) is 5.73 Å². The molecule has 0 bridgehead atoms. The van der Waals surface area contributed by atoms with Gasteiger partial charge in [0.1, 0.15) is 5.76 Å². The van der Waals surface area contributed by atoms with E-state index in [1.807, 2.05) is 28.1 Å². The molecule has 0 aromatic carbocycles. The predicted molar refractivity (Wildman–Crippen MR) is 71.8 cm³/mol. The average Bonchev–Trinajstić information content (AvgIpc) is 3.01. The summed E-state index contributed by atoms with van der Waals surface area (Å²) in [4.78, 5) is 5.57. The minimum Gasteiger partial charge on any atom is -0.469 e. The molecule has 0 fully saturated rings. The summed E-state index contributed by atoms with van der Waals surface area (Å²) in [6.45, 7) is 0. The molecule has 0 saturated heterocycles. The second kappa shape index (κ2) is 4.96. The Labute approximate surface area is 109 Å². The molecule has 5 heteroatoms. The van der Waals surface area contributed by atoms with Crippen LogP contribution in [0.4, 0.5) is 0 Å². The zero-order valence-electron chi connectivity index (χ0n) is 9.95. The molecule has 1 atom stereocenters. The van der Waals surface area contributed by atoms with Crippen LogP contribution in [0.2, 0.25) is 0 Å². The Morgan fingerprint density at radius 2 is 2.44 bits per heavy atom. The zero-order valence-corrected chi connectivity index (χ0v) is 10.8. The molecule has 0 aliphatic carbocycles. The lowest BCUT2D eigenvalue weighted by molar-refractivity contribution is 0.483. The molecule has 3 aromatic rings. The Morgan fingerprint density at radius 1 is 1.50 bits per heavy atom. The van der Waals surface area contributed by atoms with Gasteiger partial charge in [-0.3, -0.25) is 4.40 Å². The highest BCUT2D eigenvalue weighted by Crippen LogP contribution is 2.13. The Morgan fingerprint density at radius 3 is 3.22 bits per heavy atom. The summed E-state index contributed by atoms with van der Waals surface area (Å²) in [6.07, 6.45) is 8.39.